The molecule has 1 amide bonds. The van der Waals surface area contributed by atoms with Crippen molar-refractivity contribution in [3.8, 4) is 0 Å². The fraction of sp³-hybridized carbons (Fsp3) is 0.526. The predicted octanol–water partition coefficient (Wildman–Crippen LogP) is 1.55. The second kappa shape index (κ2) is 6.59. The maximum atomic E-state index is 13.0. The smallest absolute Gasteiger partial charge is 0.272 e. The van der Waals surface area contributed by atoms with E-state index in [1.165, 1.54) is 12.8 Å². The van der Waals surface area contributed by atoms with Crippen molar-refractivity contribution in [2.75, 3.05) is 20.1 Å². The predicted molar refractivity (Wildman–Crippen MR) is 96.5 cm³/mol. The Bertz CT molecular complexity index is 847. The molecule has 2 atom stereocenters. The highest BCUT2D eigenvalue weighted by molar-refractivity contribution is 5.88. The molecule has 2 unspecified atom stereocenters. The molecule has 0 saturated carbocycles. The van der Waals surface area contributed by atoms with Crippen LogP contribution in [0.4, 0.5) is 0 Å². The average Bonchev–Trinajstić information content (AvgIpc) is 3.26. The molecule has 2 fully saturated rings. The zero-order chi connectivity index (χ0) is 17.4. The van der Waals surface area contributed by atoms with Crippen LogP contribution in [0.1, 0.15) is 31.4 Å². The minimum atomic E-state index is -0.210. The summed E-state index contributed by atoms with van der Waals surface area (Å²) in [5.41, 5.74) is 0.448. The lowest BCUT2D eigenvalue weighted by Crippen LogP contribution is -2.47. The van der Waals surface area contributed by atoms with Gasteiger partial charge in [-0.2, -0.15) is 5.10 Å². The number of hydrogen-bond acceptors (Lipinski definition) is 4. The fourth-order valence-corrected chi connectivity index (χ4v) is 4.48. The third kappa shape index (κ3) is 2.95. The van der Waals surface area contributed by atoms with Crippen LogP contribution in [0, 0.1) is 0 Å². The van der Waals surface area contributed by atoms with E-state index < -0.39 is 0 Å². The summed E-state index contributed by atoms with van der Waals surface area (Å²) >= 11 is 0. The standard InChI is InChI=1S/C19H24N4O2/c1-22-10-4-8-16(22)17-9-5-11-23(17)18(24)12-15-13-6-2-3-7-14(13)19(25)21-20-15/h2-3,6-7,16-17H,4-5,8-12H2,1H3,(H,21,25). The summed E-state index contributed by atoms with van der Waals surface area (Å²) in [6.07, 6.45) is 4.78. The lowest BCUT2D eigenvalue weighted by molar-refractivity contribution is -0.132. The zero-order valence-electron chi connectivity index (χ0n) is 14.6. The van der Waals surface area contributed by atoms with Crippen LogP contribution in [0.25, 0.3) is 10.8 Å². The van der Waals surface area contributed by atoms with Gasteiger partial charge in [0.25, 0.3) is 5.56 Å². The first kappa shape index (κ1) is 16.3. The van der Waals surface area contributed by atoms with Gasteiger partial charge in [-0.1, -0.05) is 18.2 Å². The molecule has 0 spiro atoms. The number of fused-ring (bicyclic) bond motifs is 1. The first-order chi connectivity index (χ1) is 12.1. The van der Waals surface area contributed by atoms with E-state index >= 15 is 0 Å². The summed E-state index contributed by atoms with van der Waals surface area (Å²) in [7, 11) is 2.16. The number of aromatic amines is 1. The van der Waals surface area contributed by atoms with Crippen LogP contribution < -0.4 is 5.56 Å². The van der Waals surface area contributed by atoms with Gasteiger partial charge >= 0.3 is 0 Å². The van der Waals surface area contributed by atoms with Gasteiger partial charge in [-0.25, -0.2) is 5.10 Å². The van der Waals surface area contributed by atoms with Gasteiger partial charge in [0.05, 0.1) is 17.5 Å². The number of rotatable bonds is 3. The van der Waals surface area contributed by atoms with E-state index in [4.69, 9.17) is 0 Å². The summed E-state index contributed by atoms with van der Waals surface area (Å²) in [5.74, 6) is 0.118. The Hall–Kier alpha value is -2.21. The van der Waals surface area contributed by atoms with Crippen LogP contribution in [-0.2, 0) is 11.2 Å². The number of benzene rings is 1. The highest BCUT2D eigenvalue weighted by atomic mass is 16.2. The lowest BCUT2D eigenvalue weighted by Gasteiger charge is -2.33. The number of nitrogens with one attached hydrogen (secondary N) is 1. The van der Waals surface area contributed by atoms with E-state index in [0.29, 0.717) is 23.2 Å². The number of aromatic nitrogens is 2. The molecule has 3 heterocycles. The van der Waals surface area contributed by atoms with E-state index in [2.05, 4.69) is 22.1 Å². The molecular formula is C19H24N4O2. The Morgan fingerprint density at radius 1 is 1.16 bits per heavy atom. The Morgan fingerprint density at radius 3 is 2.64 bits per heavy atom. The van der Waals surface area contributed by atoms with Crippen LogP contribution in [0.2, 0.25) is 0 Å². The maximum Gasteiger partial charge on any atom is 0.272 e. The van der Waals surface area contributed by atoms with Gasteiger partial charge in [0.15, 0.2) is 0 Å². The van der Waals surface area contributed by atoms with Crippen molar-refractivity contribution >= 4 is 16.7 Å². The summed E-state index contributed by atoms with van der Waals surface area (Å²) in [6.45, 7) is 1.95. The average molecular weight is 340 g/mol. The molecule has 2 aliphatic rings. The van der Waals surface area contributed by atoms with Gasteiger partial charge in [-0.15, -0.1) is 0 Å². The van der Waals surface area contributed by atoms with Crippen LogP contribution >= 0.6 is 0 Å². The summed E-state index contributed by atoms with van der Waals surface area (Å²) < 4.78 is 0. The van der Waals surface area contributed by atoms with Crippen molar-refractivity contribution < 1.29 is 4.79 Å². The van der Waals surface area contributed by atoms with Crippen LogP contribution in [0.3, 0.4) is 0 Å². The van der Waals surface area contributed by atoms with E-state index in [1.54, 1.807) is 6.07 Å². The fourth-order valence-electron chi connectivity index (χ4n) is 4.48. The molecule has 1 aromatic carbocycles. The van der Waals surface area contributed by atoms with E-state index in [9.17, 15) is 9.59 Å². The quantitative estimate of drug-likeness (QED) is 0.920. The molecule has 2 aromatic rings. The van der Waals surface area contributed by atoms with Gasteiger partial charge in [0.1, 0.15) is 0 Å². The monoisotopic (exact) mass is 340 g/mol. The van der Waals surface area contributed by atoms with Crippen molar-refractivity contribution in [1.82, 2.24) is 20.0 Å². The number of carbonyl (C=O) groups excluding carboxylic acids is 1. The number of likely N-dealkylation sites (tertiary alicyclic amines) is 2. The van der Waals surface area contributed by atoms with Gasteiger partial charge in [-0.05, 0) is 45.3 Å². The third-order valence-corrected chi connectivity index (χ3v) is 5.73. The maximum absolute atomic E-state index is 13.0. The number of H-pyrrole nitrogens is 1. The lowest BCUT2D eigenvalue weighted by atomic mass is 10.0. The molecule has 25 heavy (non-hydrogen) atoms. The molecule has 132 valence electrons. The van der Waals surface area contributed by atoms with E-state index in [-0.39, 0.29) is 17.9 Å². The van der Waals surface area contributed by atoms with Crippen LogP contribution in [0.15, 0.2) is 29.1 Å². The molecule has 6 heteroatoms. The molecule has 1 N–H and O–H groups in total. The normalized spacial score (nSPS) is 24.3. The highest BCUT2D eigenvalue weighted by Gasteiger charge is 2.38. The molecule has 2 saturated heterocycles. The van der Waals surface area contributed by atoms with Gasteiger partial charge < -0.3 is 9.80 Å². The largest absolute Gasteiger partial charge is 0.338 e. The second-order valence-corrected chi connectivity index (χ2v) is 7.21. The van der Waals surface area contributed by atoms with Crippen molar-refractivity contribution in [1.29, 1.82) is 0 Å². The number of nitrogens with zero attached hydrogens (tertiary/aromatic N) is 3. The van der Waals surface area contributed by atoms with Gasteiger partial charge in [0.2, 0.25) is 5.91 Å². The van der Waals surface area contributed by atoms with E-state index in [0.717, 1.165) is 31.3 Å². The van der Waals surface area contributed by atoms with Crippen molar-refractivity contribution in [2.45, 2.75) is 44.2 Å². The Kier molecular flexibility index (Phi) is 4.29. The molecular weight excluding hydrogens is 316 g/mol. The summed E-state index contributed by atoms with van der Waals surface area (Å²) in [5, 5.41) is 8.05. The van der Waals surface area contributed by atoms with Crippen LogP contribution in [0.5, 0.6) is 0 Å². The molecule has 0 aliphatic carbocycles. The minimum Gasteiger partial charge on any atom is -0.338 e. The second-order valence-electron chi connectivity index (χ2n) is 7.21. The zero-order valence-corrected chi connectivity index (χ0v) is 14.6. The molecule has 2 aliphatic heterocycles. The first-order valence-corrected chi connectivity index (χ1v) is 9.11. The minimum absolute atomic E-state index is 0.118. The Morgan fingerprint density at radius 2 is 1.88 bits per heavy atom. The molecule has 0 bridgehead atoms. The Balaban J connectivity index is 1.58. The SMILES string of the molecule is CN1CCCC1C1CCCN1C(=O)Cc1n[nH]c(=O)c2ccccc12. The molecule has 6 nitrogen and oxygen atoms in total. The van der Waals surface area contributed by atoms with Gasteiger partial charge in [-0.3, -0.25) is 9.59 Å². The highest BCUT2D eigenvalue weighted by Crippen LogP contribution is 2.29. The Labute approximate surface area is 146 Å². The van der Waals surface area contributed by atoms with E-state index in [1.807, 2.05) is 23.1 Å². The number of amides is 1. The topological polar surface area (TPSA) is 69.3 Å². The van der Waals surface area contributed by atoms with Crippen LogP contribution in [-0.4, -0.2) is 58.1 Å². The third-order valence-electron chi connectivity index (χ3n) is 5.73. The van der Waals surface area contributed by atoms with Crippen molar-refractivity contribution in [3.63, 3.8) is 0 Å². The summed E-state index contributed by atoms with van der Waals surface area (Å²) in [6, 6.07) is 8.14. The number of hydrogen-bond donors (Lipinski definition) is 1. The molecule has 1 aromatic heterocycles. The van der Waals surface area contributed by atoms with Crippen molar-refractivity contribution in [3.05, 3.63) is 40.3 Å². The first-order valence-electron chi connectivity index (χ1n) is 9.11. The number of likely N-dealkylation sites (N-methyl/N-ethyl adjacent to an activating group) is 1. The van der Waals surface area contributed by atoms with Gasteiger partial charge in [0, 0.05) is 24.0 Å². The molecule has 0 radical (unpaired) electrons. The molecule has 4 rings (SSSR count). The summed E-state index contributed by atoms with van der Waals surface area (Å²) in [4.78, 5) is 29.4. The number of carbonyl (C=O) groups is 1. The van der Waals surface area contributed by atoms with Crippen molar-refractivity contribution in [2.24, 2.45) is 0 Å².